The zero-order valence-corrected chi connectivity index (χ0v) is 15.9. The highest BCUT2D eigenvalue weighted by molar-refractivity contribution is 5.95. The van der Waals surface area contributed by atoms with Crippen LogP contribution in [0, 0.1) is 6.92 Å². The van der Waals surface area contributed by atoms with Crippen molar-refractivity contribution in [2.24, 2.45) is 0 Å². The van der Waals surface area contributed by atoms with Crippen molar-refractivity contribution in [1.29, 1.82) is 0 Å². The standard InChI is InChI=1S/C21H21N3O4/c1-14-18(13-23-24(14)16-7-5-4-6-8-16)20(25)22-12-15-9-10-19(27-2)17(11-15)21(26)28-3/h4-11,13H,12H2,1-3H3,(H,22,25). The Kier molecular flexibility index (Phi) is 5.74. The number of benzene rings is 2. The highest BCUT2D eigenvalue weighted by Gasteiger charge is 2.16. The number of nitrogens with one attached hydrogen (secondary N) is 1. The first kappa shape index (κ1) is 19.2. The SMILES string of the molecule is COC(=O)c1cc(CNC(=O)c2cnn(-c3ccccc3)c2C)ccc1OC. The van der Waals surface area contributed by atoms with Gasteiger partial charge in [0.1, 0.15) is 11.3 Å². The van der Waals surface area contributed by atoms with Crippen LogP contribution in [-0.4, -0.2) is 35.9 Å². The first-order valence-electron chi connectivity index (χ1n) is 8.68. The van der Waals surface area contributed by atoms with Crippen LogP contribution in [0.2, 0.25) is 0 Å². The van der Waals surface area contributed by atoms with E-state index in [9.17, 15) is 9.59 Å². The number of para-hydroxylation sites is 1. The lowest BCUT2D eigenvalue weighted by molar-refractivity contribution is 0.0597. The van der Waals surface area contributed by atoms with Gasteiger partial charge in [-0.1, -0.05) is 24.3 Å². The quantitative estimate of drug-likeness (QED) is 0.666. The van der Waals surface area contributed by atoms with Crippen LogP contribution >= 0.6 is 0 Å². The summed E-state index contributed by atoms with van der Waals surface area (Å²) in [4.78, 5) is 24.5. The molecule has 3 aromatic rings. The second-order valence-electron chi connectivity index (χ2n) is 6.10. The molecule has 7 nitrogen and oxygen atoms in total. The van der Waals surface area contributed by atoms with E-state index in [0.29, 0.717) is 16.9 Å². The maximum Gasteiger partial charge on any atom is 0.341 e. The molecule has 7 heteroatoms. The average Bonchev–Trinajstić information content (AvgIpc) is 3.13. The van der Waals surface area contributed by atoms with Crippen molar-refractivity contribution in [3.8, 4) is 11.4 Å². The normalized spacial score (nSPS) is 10.4. The molecule has 1 heterocycles. The molecular weight excluding hydrogens is 358 g/mol. The Hall–Kier alpha value is -3.61. The van der Waals surface area contributed by atoms with E-state index in [1.165, 1.54) is 14.2 Å². The Bertz CT molecular complexity index is 996. The molecule has 0 aliphatic carbocycles. The number of hydrogen-bond acceptors (Lipinski definition) is 5. The van der Waals surface area contributed by atoms with E-state index in [0.717, 1.165) is 16.9 Å². The predicted molar refractivity (Wildman–Crippen MR) is 104 cm³/mol. The number of hydrogen-bond donors (Lipinski definition) is 1. The largest absolute Gasteiger partial charge is 0.496 e. The van der Waals surface area contributed by atoms with Gasteiger partial charge >= 0.3 is 5.97 Å². The van der Waals surface area contributed by atoms with Gasteiger partial charge in [-0.15, -0.1) is 0 Å². The van der Waals surface area contributed by atoms with Crippen molar-refractivity contribution in [2.75, 3.05) is 14.2 Å². The van der Waals surface area contributed by atoms with Crippen molar-refractivity contribution in [1.82, 2.24) is 15.1 Å². The molecule has 0 atom stereocenters. The monoisotopic (exact) mass is 379 g/mol. The highest BCUT2D eigenvalue weighted by Crippen LogP contribution is 2.21. The summed E-state index contributed by atoms with van der Waals surface area (Å²) in [6, 6.07) is 14.7. The van der Waals surface area contributed by atoms with Gasteiger partial charge in [0, 0.05) is 6.54 Å². The van der Waals surface area contributed by atoms with Crippen molar-refractivity contribution in [2.45, 2.75) is 13.5 Å². The molecule has 1 amide bonds. The van der Waals surface area contributed by atoms with Gasteiger partial charge in [-0.05, 0) is 36.8 Å². The van der Waals surface area contributed by atoms with Crippen LogP contribution in [0.4, 0.5) is 0 Å². The van der Waals surface area contributed by atoms with Crippen LogP contribution in [0.1, 0.15) is 32.0 Å². The summed E-state index contributed by atoms with van der Waals surface area (Å²) in [7, 11) is 2.79. The number of carbonyl (C=O) groups excluding carboxylic acids is 2. The highest BCUT2D eigenvalue weighted by atomic mass is 16.5. The summed E-state index contributed by atoms with van der Waals surface area (Å²) >= 11 is 0. The lowest BCUT2D eigenvalue weighted by Gasteiger charge is -2.10. The Balaban J connectivity index is 1.75. The third kappa shape index (κ3) is 3.88. The van der Waals surface area contributed by atoms with Crippen LogP contribution < -0.4 is 10.1 Å². The van der Waals surface area contributed by atoms with Crippen molar-refractivity contribution < 1.29 is 19.1 Å². The molecule has 0 fully saturated rings. The molecule has 3 rings (SSSR count). The molecule has 1 aromatic heterocycles. The van der Waals surface area contributed by atoms with Crippen molar-refractivity contribution in [3.63, 3.8) is 0 Å². The van der Waals surface area contributed by atoms with Crippen molar-refractivity contribution >= 4 is 11.9 Å². The fraction of sp³-hybridized carbons (Fsp3) is 0.190. The second kappa shape index (κ2) is 8.39. The molecule has 0 bridgehead atoms. The molecule has 0 aliphatic heterocycles. The minimum atomic E-state index is -0.495. The van der Waals surface area contributed by atoms with Crippen LogP contribution in [0.15, 0.2) is 54.7 Å². The maximum atomic E-state index is 12.6. The fourth-order valence-corrected chi connectivity index (χ4v) is 2.87. The lowest BCUT2D eigenvalue weighted by atomic mass is 10.1. The van der Waals surface area contributed by atoms with E-state index in [1.807, 2.05) is 37.3 Å². The molecule has 0 saturated carbocycles. The number of aromatic nitrogens is 2. The summed E-state index contributed by atoms with van der Waals surface area (Å²) in [5.41, 5.74) is 3.18. The summed E-state index contributed by atoms with van der Waals surface area (Å²) in [5, 5.41) is 7.17. The van der Waals surface area contributed by atoms with E-state index in [2.05, 4.69) is 10.4 Å². The van der Waals surface area contributed by atoms with Gasteiger partial charge in [0.05, 0.1) is 37.4 Å². The molecular formula is C21H21N3O4. The Morgan fingerprint density at radius 1 is 1.07 bits per heavy atom. The molecule has 2 aromatic carbocycles. The molecule has 0 spiro atoms. The first-order valence-corrected chi connectivity index (χ1v) is 8.68. The molecule has 0 unspecified atom stereocenters. The minimum absolute atomic E-state index is 0.241. The van der Waals surface area contributed by atoms with Crippen LogP contribution in [0.25, 0.3) is 5.69 Å². The maximum absolute atomic E-state index is 12.6. The molecule has 0 saturated heterocycles. The van der Waals surface area contributed by atoms with Gasteiger partial charge < -0.3 is 14.8 Å². The number of ether oxygens (including phenoxy) is 2. The summed E-state index contributed by atoms with van der Waals surface area (Å²) in [6.45, 7) is 2.10. The Morgan fingerprint density at radius 2 is 1.82 bits per heavy atom. The molecule has 0 aliphatic rings. The number of rotatable bonds is 6. The molecule has 0 radical (unpaired) electrons. The predicted octanol–water partition coefficient (Wildman–Crippen LogP) is 2.91. The van der Waals surface area contributed by atoms with Gasteiger partial charge in [0.15, 0.2) is 0 Å². The average molecular weight is 379 g/mol. The number of carbonyl (C=O) groups is 2. The van der Waals surface area contributed by atoms with Gasteiger partial charge in [0.2, 0.25) is 0 Å². The van der Waals surface area contributed by atoms with Crippen LogP contribution in [-0.2, 0) is 11.3 Å². The van der Waals surface area contributed by atoms with Crippen LogP contribution in [0.3, 0.4) is 0 Å². The number of methoxy groups -OCH3 is 2. The zero-order valence-electron chi connectivity index (χ0n) is 15.9. The van der Waals surface area contributed by atoms with E-state index in [1.54, 1.807) is 29.1 Å². The first-order chi connectivity index (χ1) is 13.5. The van der Waals surface area contributed by atoms with Crippen molar-refractivity contribution in [3.05, 3.63) is 77.1 Å². The van der Waals surface area contributed by atoms with Gasteiger partial charge in [0.25, 0.3) is 5.91 Å². The lowest BCUT2D eigenvalue weighted by Crippen LogP contribution is -2.23. The topological polar surface area (TPSA) is 82.5 Å². The number of nitrogens with zero attached hydrogens (tertiary/aromatic N) is 2. The third-order valence-corrected chi connectivity index (χ3v) is 4.38. The van der Waals surface area contributed by atoms with Crippen LogP contribution in [0.5, 0.6) is 5.75 Å². The van der Waals surface area contributed by atoms with Gasteiger partial charge in [-0.3, -0.25) is 4.79 Å². The third-order valence-electron chi connectivity index (χ3n) is 4.38. The second-order valence-corrected chi connectivity index (χ2v) is 6.10. The smallest absolute Gasteiger partial charge is 0.341 e. The Morgan fingerprint density at radius 3 is 2.50 bits per heavy atom. The van der Waals surface area contributed by atoms with Gasteiger partial charge in [-0.25, -0.2) is 9.48 Å². The Labute approximate surface area is 162 Å². The van der Waals surface area contributed by atoms with E-state index in [-0.39, 0.29) is 12.5 Å². The van der Waals surface area contributed by atoms with Gasteiger partial charge in [-0.2, -0.15) is 5.10 Å². The molecule has 144 valence electrons. The zero-order chi connectivity index (χ0) is 20.1. The van der Waals surface area contributed by atoms with E-state index in [4.69, 9.17) is 9.47 Å². The summed E-state index contributed by atoms with van der Waals surface area (Å²) < 4.78 is 11.7. The summed E-state index contributed by atoms with van der Waals surface area (Å²) in [6.07, 6.45) is 1.55. The van der Waals surface area contributed by atoms with E-state index < -0.39 is 5.97 Å². The summed E-state index contributed by atoms with van der Waals surface area (Å²) in [5.74, 6) is -0.318. The number of amides is 1. The van der Waals surface area contributed by atoms with E-state index >= 15 is 0 Å². The molecule has 28 heavy (non-hydrogen) atoms. The minimum Gasteiger partial charge on any atom is -0.496 e. The molecule has 1 N–H and O–H groups in total. The number of esters is 1. The fourth-order valence-electron chi connectivity index (χ4n) is 2.87.